The zero-order chi connectivity index (χ0) is 18.0. The molecule has 0 saturated heterocycles. The molecule has 2 amide bonds. The summed E-state index contributed by atoms with van der Waals surface area (Å²) in [5, 5.41) is 6.04. The Morgan fingerprint density at radius 1 is 1.12 bits per heavy atom. The SMILES string of the molecule is COC(=O)C1=C(NC(=O)Nc2ccc(Cl)cc2)Cc2cc(Br)ccc21. The van der Waals surface area contributed by atoms with E-state index in [0.29, 0.717) is 28.4 Å². The van der Waals surface area contributed by atoms with Crippen LogP contribution in [0.3, 0.4) is 0 Å². The van der Waals surface area contributed by atoms with Crippen LogP contribution < -0.4 is 10.6 Å². The quantitative estimate of drug-likeness (QED) is 0.724. The van der Waals surface area contributed by atoms with Gasteiger partial charge in [-0.25, -0.2) is 9.59 Å². The van der Waals surface area contributed by atoms with Crippen LogP contribution in [-0.4, -0.2) is 19.1 Å². The standard InChI is InChI=1S/C18H14BrClN2O3/c1-25-17(23)16-14-7-2-11(19)8-10(14)9-15(16)22-18(24)21-13-5-3-12(20)4-6-13/h2-8H,9H2,1H3,(H2,21,22,24). The second-order valence-electron chi connectivity index (χ2n) is 5.41. The van der Waals surface area contributed by atoms with E-state index >= 15 is 0 Å². The highest BCUT2D eigenvalue weighted by atomic mass is 79.9. The minimum Gasteiger partial charge on any atom is -0.465 e. The predicted molar refractivity (Wildman–Crippen MR) is 100 cm³/mol. The first kappa shape index (κ1) is 17.5. The molecule has 0 heterocycles. The average Bonchev–Trinajstić information content (AvgIpc) is 2.92. The number of hydrogen-bond acceptors (Lipinski definition) is 3. The minimum atomic E-state index is -0.483. The lowest BCUT2D eigenvalue weighted by molar-refractivity contribution is -0.133. The summed E-state index contributed by atoms with van der Waals surface area (Å²) in [5.74, 6) is -0.483. The number of allylic oxidation sites excluding steroid dienone is 1. The van der Waals surface area contributed by atoms with E-state index in [1.807, 2.05) is 18.2 Å². The third kappa shape index (κ3) is 3.86. The number of halogens is 2. The highest BCUT2D eigenvalue weighted by Crippen LogP contribution is 2.34. The molecule has 128 valence electrons. The number of carbonyl (C=O) groups excluding carboxylic acids is 2. The van der Waals surface area contributed by atoms with Crippen LogP contribution in [0.1, 0.15) is 11.1 Å². The number of urea groups is 1. The summed E-state index contributed by atoms with van der Waals surface area (Å²) in [7, 11) is 1.32. The Morgan fingerprint density at radius 3 is 2.52 bits per heavy atom. The number of ether oxygens (including phenoxy) is 1. The number of nitrogens with one attached hydrogen (secondary N) is 2. The Morgan fingerprint density at radius 2 is 1.84 bits per heavy atom. The number of benzene rings is 2. The molecule has 7 heteroatoms. The lowest BCUT2D eigenvalue weighted by Gasteiger charge is -2.10. The van der Waals surface area contributed by atoms with Crippen LogP contribution in [0.15, 0.2) is 52.6 Å². The number of hydrogen-bond donors (Lipinski definition) is 2. The molecule has 25 heavy (non-hydrogen) atoms. The van der Waals surface area contributed by atoms with Gasteiger partial charge in [-0.2, -0.15) is 0 Å². The number of rotatable bonds is 3. The zero-order valence-corrected chi connectivity index (χ0v) is 15.6. The van der Waals surface area contributed by atoms with E-state index in [9.17, 15) is 9.59 Å². The van der Waals surface area contributed by atoms with Crippen molar-refractivity contribution < 1.29 is 14.3 Å². The molecule has 0 atom stereocenters. The fourth-order valence-corrected chi connectivity index (χ4v) is 3.20. The molecule has 0 fully saturated rings. The number of esters is 1. The second-order valence-corrected chi connectivity index (χ2v) is 6.76. The van der Waals surface area contributed by atoms with Gasteiger partial charge in [0.1, 0.15) is 0 Å². The molecule has 0 unspecified atom stereocenters. The molecule has 2 aromatic rings. The van der Waals surface area contributed by atoms with E-state index in [1.54, 1.807) is 24.3 Å². The highest BCUT2D eigenvalue weighted by molar-refractivity contribution is 9.10. The van der Waals surface area contributed by atoms with Crippen LogP contribution in [0.4, 0.5) is 10.5 Å². The molecule has 2 N–H and O–H groups in total. The summed E-state index contributed by atoms with van der Waals surface area (Å²) in [6, 6.07) is 11.9. The summed E-state index contributed by atoms with van der Waals surface area (Å²) < 4.78 is 5.77. The van der Waals surface area contributed by atoms with Crippen LogP contribution in [0.25, 0.3) is 5.57 Å². The van der Waals surface area contributed by atoms with Crippen molar-refractivity contribution in [3.05, 3.63) is 68.8 Å². The number of anilines is 1. The summed E-state index contributed by atoms with van der Waals surface area (Å²) >= 11 is 9.24. The molecule has 0 bridgehead atoms. The smallest absolute Gasteiger partial charge is 0.340 e. The Hall–Kier alpha value is -2.31. The van der Waals surface area contributed by atoms with Crippen molar-refractivity contribution in [1.29, 1.82) is 0 Å². The van der Waals surface area contributed by atoms with E-state index < -0.39 is 12.0 Å². The first-order valence-corrected chi connectivity index (χ1v) is 8.59. The van der Waals surface area contributed by atoms with Crippen LogP contribution in [-0.2, 0) is 16.0 Å². The Labute approximate surface area is 158 Å². The van der Waals surface area contributed by atoms with E-state index in [-0.39, 0.29) is 0 Å². The third-order valence-corrected chi connectivity index (χ3v) is 4.51. The van der Waals surface area contributed by atoms with Gasteiger partial charge >= 0.3 is 12.0 Å². The van der Waals surface area contributed by atoms with Gasteiger partial charge in [0.25, 0.3) is 0 Å². The molecule has 5 nitrogen and oxygen atoms in total. The summed E-state index contributed by atoms with van der Waals surface area (Å²) in [6.07, 6.45) is 0.438. The molecule has 1 aliphatic rings. The topological polar surface area (TPSA) is 67.4 Å². The fourth-order valence-electron chi connectivity index (χ4n) is 2.67. The van der Waals surface area contributed by atoms with E-state index in [2.05, 4.69) is 26.6 Å². The molecular weight excluding hydrogens is 408 g/mol. The largest absolute Gasteiger partial charge is 0.465 e. The number of methoxy groups -OCH3 is 1. The highest BCUT2D eigenvalue weighted by Gasteiger charge is 2.28. The molecule has 0 aromatic heterocycles. The van der Waals surface area contributed by atoms with Gasteiger partial charge in [0.15, 0.2) is 0 Å². The number of amides is 2. The maximum absolute atomic E-state index is 12.3. The van der Waals surface area contributed by atoms with Crippen molar-refractivity contribution in [2.75, 3.05) is 12.4 Å². The molecule has 0 spiro atoms. The van der Waals surface area contributed by atoms with Crippen molar-refractivity contribution in [2.45, 2.75) is 6.42 Å². The Kier molecular flexibility index (Phi) is 5.11. The number of carbonyl (C=O) groups is 2. The molecular formula is C18H14BrClN2O3. The monoisotopic (exact) mass is 420 g/mol. The summed E-state index contributed by atoms with van der Waals surface area (Å²) in [5.41, 5.74) is 3.18. The molecule has 3 rings (SSSR count). The Balaban J connectivity index is 1.83. The van der Waals surface area contributed by atoms with E-state index in [1.165, 1.54) is 7.11 Å². The first-order valence-electron chi connectivity index (χ1n) is 7.42. The van der Waals surface area contributed by atoms with E-state index in [0.717, 1.165) is 15.6 Å². The lowest BCUT2D eigenvalue weighted by Crippen LogP contribution is -2.29. The van der Waals surface area contributed by atoms with Crippen LogP contribution in [0, 0.1) is 0 Å². The first-order chi connectivity index (χ1) is 12.0. The second kappa shape index (κ2) is 7.29. The van der Waals surface area contributed by atoms with Crippen LogP contribution in [0.2, 0.25) is 5.02 Å². The van der Waals surface area contributed by atoms with Crippen molar-refractivity contribution >= 4 is 50.8 Å². The molecule has 2 aromatic carbocycles. The normalized spacial score (nSPS) is 12.6. The fraction of sp³-hybridized carbons (Fsp3) is 0.111. The Bertz CT molecular complexity index is 878. The lowest BCUT2D eigenvalue weighted by atomic mass is 10.1. The molecule has 1 aliphatic carbocycles. The molecule has 0 saturated carbocycles. The van der Waals surface area contributed by atoms with Crippen molar-refractivity contribution in [2.24, 2.45) is 0 Å². The van der Waals surface area contributed by atoms with Crippen molar-refractivity contribution in [3.8, 4) is 0 Å². The predicted octanol–water partition coefficient (Wildman–Crippen LogP) is 4.36. The van der Waals surface area contributed by atoms with Crippen molar-refractivity contribution in [3.63, 3.8) is 0 Å². The summed E-state index contributed by atoms with van der Waals surface area (Å²) in [6.45, 7) is 0. The zero-order valence-electron chi connectivity index (χ0n) is 13.2. The number of fused-ring (bicyclic) bond motifs is 1. The van der Waals surface area contributed by atoms with Crippen molar-refractivity contribution in [1.82, 2.24) is 5.32 Å². The van der Waals surface area contributed by atoms with Gasteiger partial charge in [0, 0.05) is 27.3 Å². The maximum Gasteiger partial charge on any atom is 0.340 e. The van der Waals surface area contributed by atoms with Crippen LogP contribution >= 0.6 is 27.5 Å². The van der Waals surface area contributed by atoms with Gasteiger partial charge in [0.2, 0.25) is 0 Å². The summed E-state index contributed by atoms with van der Waals surface area (Å²) in [4.78, 5) is 24.4. The minimum absolute atomic E-state index is 0.372. The molecule has 0 aliphatic heterocycles. The maximum atomic E-state index is 12.3. The van der Waals surface area contributed by atoms with Gasteiger partial charge in [-0.15, -0.1) is 0 Å². The third-order valence-electron chi connectivity index (χ3n) is 3.76. The van der Waals surface area contributed by atoms with Gasteiger partial charge in [-0.05, 0) is 47.5 Å². The van der Waals surface area contributed by atoms with Gasteiger partial charge < -0.3 is 15.4 Å². The average molecular weight is 422 g/mol. The van der Waals surface area contributed by atoms with Gasteiger partial charge in [-0.3, -0.25) is 0 Å². The van der Waals surface area contributed by atoms with E-state index in [4.69, 9.17) is 16.3 Å². The van der Waals surface area contributed by atoms with Crippen LogP contribution in [0.5, 0.6) is 0 Å². The van der Waals surface area contributed by atoms with Gasteiger partial charge in [-0.1, -0.05) is 33.6 Å². The van der Waals surface area contributed by atoms with Gasteiger partial charge in [0.05, 0.1) is 12.7 Å². The molecule has 0 radical (unpaired) electrons.